The molecule has 14 heavy (non-hydrogen) atoms. The van der Waals surface area contributed by atoms with E-state index in [-0.39, 0.29) is 20.6 Å². The number of ether oxygens (including phenoxy) is 1. The van der Waals surface area contributed by atoms with Crippen LogP contribution in [0, 0.1) is 14.9 Å². The SMILES string of the molecule is COc1c(C#N)ncc(I)c1C(F)F. The summed E-state index contributed by atoms with van der Waals surface area (Å²) < 4.78 is 30.2. The summed E-state index contributed by atoms with van der Waals surface area (Å²) in [4.78, 5) is 3.68. The smallest absolute Gasteiger partial charge is 0.268 e. The Hall–Kier alpha value is -0.970. The minimum Gasteiger partial charge on any atom is -0.493 e. The summed E-state index contributed by atoms with van der Waals surface area (Å²) in [7, 11) is 1.24. The Bertz CT molecular complexity index is 390. The van der Waals surface area contributed by atoms with Gasteiger partial charge in [-0.05, 0) is 22.6 Å². The largest absolute Gasteiger partial charge is 0.493 e. The van der Waals surface area contributed by atoms with Gasteiger partial charge in [-0.3, -0.25) is 0 Å². The van der Waals surface area contributed by atoms with E-state index in [1.54, 1.807) is 28.7 Å². The van der Waals surface area contributed by atoms with Crippen molar-refractivity contribution in [3.63, 3.8) is 0 Å². The molecule has 74 valence electrons. The predicted molar refractivity (Wildman–Crippen MR) is 53.2 cm³/mol. The molecule has 0 aromatic carbocycles. The quantitative estimate of drug-likeness (QED) is 0.789. The highest BCUT2D eigenvalue weighted by atomic mass is 127. The topological polar surface area (TPSA) is 45.9 Å². The molecule has 1 aromatic rings. The first-order valence-corrected chi connectivity index (χ1v) is 4.60. The number of aromatic nitrogens is 1. The molecule has 0 radical (unpaired) electrons. The minimum absolute atomic E-state index is 0.122. The highest BCUT2D eigenvalue weighted by Gasteiger charge is 2.21. The molecule has 0 bridgehead atoms. The van der Waals surface area contributed by atoms with Gasteiger partial charge < -0.3 is 4.74 Å². The van der Waals surface area contributed by atoms with Gasteiger partial charge in [0.1, 0.15) is 6.07 Å². The number of pyridine rings is 1. The van der Waals surface area contributed by atoms with Crippen LogP contribution in [0.5, 0.6) is 5.75 Å². The first-order valence-electron chi connectivity index (χ1n) is 3.52. The molecular formula is C8H5F2IN2O. The number of rotatable bonds is 2. The van der Waals surface area contributed by atoms with Crippen molar-refractivity contribution in [2.75, 3.05) is 7.11 Å². The van der Waals surface area contributed by atoms with Crippen molar-refractivity contribution in [1.82, 2.24) is 4.98 Å². The zero-order valence-corrected chi connectivity index (χ0v) is 9.25. The lowest BCUT2D eigenvalue weighted by atomic mass is 10.2. The molecule has 0 saturated carbocycles. The Morgan fingerprint density at radius 3 is 2.71 bits per heavy atom. The molecule has 6 heteroatoms. The van der Waals surface area contributed by atoms with Crippen LogP contribution in [0.1, 0.15) is 17.7 Å². The second kappa shape index (κ2) is 4.50. The van der Waals surface area contributed by atoms with Crippen molar-refractivity contribution in [2.24, 2.45) is 0 Å². The third-order valence-electron chi connectivity index (χ3n) is 1.55. The van der Waals surface area contributed by atoms with Gasteiger partial charge in [-0.15, -0.1) is 0 Å². The summed E-state index contributed by atoms with van der Waals surface area (Å²) in [6.07, 6.45) is -1.45. The molecule has 0 unspecified atom stereocenters. The Morgan fingerprint density at radius 1 is 1.64 bits per heavy atom. The zero-order valence-electron chi connectivity index (χ0n) is 7.09. The van der Waals surface area contributed by atoms with Crippen molar-refractivity contribution < 1.29 is 13.5 Å². The van der Waals surface area contributed by atoms with E-state index in [2.05, 4.69) is 4.98 Å². The van der Waals surface area contributed by atoms with E-state index >= 15 is 0 Å². The van der Waals surface area contributed by atoms with Gasteiger partial charge in [0.2, 0.25) is 0 Å². The average molecular weight is 310 g/mol. The van der Waals surface area contributed by atoms with Gasteiger partial charge in [0.05, 0.1) is 12.7 Å². The van der Waals surface area contributed by atoms with Crippen LogP contribution in [-0.4, -0.2) is 12.1 Å². The van der Waals surface area contributed by atoms with Crippen molar-refractivity contribution >= 4 is 22.6 Å². The van der Waals surface area contributed by atoms with Crippen molar-refractivity contribution in [2.45, 2.75) is 6.43 Å². The molecule has 3 nitrogen and oxygen atoms in total. The van der Waals surface area contributed by atoms with Gasteiger partial charge in [0, 0.05) is 9.77 Å². The maximum Gasteiger partial charge on any atom is 0.268 e. The second-order valence-corrected chi connectivity index (χ2v) is 3.48. The van der Waals surface area contributed by atoms with Gasteiger partial charge >= 0.3 is 0 Å². The van der Waals surface area contributed by atoms with Crippen LogP contribution in [0.15, 0.2) is 6.20 Å². The lowest BCUT2D eigenvalue weighted by molar-refractivity contribution is 0.145. The molecule has 0 aliphatic carbocycles. The van der Waals surface area contributed by atoms with Gasteiger partial charge in [-0.1, -0.05) is 0 Å². The van der Waals surface area contributed by atoms with E-state index in [4.69, 9.17) is 10.00 Å². The number of alkyl halides is 2. The highest BCUT2D eigenvalue weighted by molar-refractivity contribution is 14.1. The van der Waals surface area contributed by atoms with Gasteiger partial charge in [0.15, 0.2) is 11.4 Å². The number of nitrogens with zero attached hydrogens (tertiary/aromatic N) is 2. The van der Waals surface area contributed by atoms with Crippen LogP contribution in [0.4, 0.5) is 8.78 Å². The van der Waals surface area contributed by atoms with Gasteiger partial charge in [-0.25, -0.2) is 13.8 Å². The van der Waals surface area contributed by atoms with Crippen molar-refractivity contribution in [3.05, 3.63) is 21.0 Å². The first kappa shape index (κ1) is 11.1. The fourth-order valence-electron chi connectivity index (χ4n) is 0.975. The van der Waals surface area contributed by atoms with Crippen LogP contribution in [0.3, 0.4) is 0 Å². The fraction of sp³-hybridized carbons (Fsp3) is 0.250. The third-order valence-corrected chi connectivity index (χ3v) is 2.41. The Labute approximate surface area is 92.8 Å². The van der Waals surface area contributed by atoms with E-state index in [0.717, 1.165) is 0 Å². The molecule has 0 amide bonds. The van der Waals surface area contributed by atoms with Crippen molar-refractivity contribution in [3.8, 4) is 11.8 Å². The summed E-state index contributed by atoms with van der Waals surface area (Å²) in [5, 5.41) is 8.61. The van der Waals surface area contributed by atoms with E-state index < -0.39 is 6.43 Å². The summed E-state index contributed by atoms with van der Waals surface area (Å²) >= 11 is 1.73. The molecular weight excluding hydrogens is 305 g/mol. The summed E-state index contributed by atoms with van der Waals surface area (Å²) in [5.41, 5.74) is -0.400. The third kappa shape index (κ3) is 1.92. The maximum absolute atomic E-state index is 12.6. The molecule has 1 rings (SSSR count). The normalized spacial score (nSPS) is 10.0. The first-order chi connectivity index (χ1) is 6.61. The van der Waals surface area contributed by atoms with Crippen molar-refractivity contribution in [1.29, 1.82) is 5.26 Å². The van der Waals surface area contributed by atoms with Gasteiger partial charge in [-0.2, -0.15) is 5.26 Å². The minimum atomic E-state index is -2.67. The molecule has 0 fully saturated rings. The number of methoxy groups -OCH3 is 1. The lowest BCUT2D eigenvalue weighted by Crippen LogP contribution is -2.01. The molecule has 0 atom stereocenters. The van der Waals surface area contributed by atoms with Crippen LogP contribution >= 0.6 is 22.6 Å². The number of nitriles is 1. The molecule has 0 aliphatic rings. The predicted octanol–water partition coefficient (Wildman–Crippen LogP) is 2.50. The van der Waals surface area contributed by atoms with E-state index in [1.165, 1.54) is 13.3 Å². The van der Waals surface area contributed by atoms with Crippen LogP contribution in [0.25, 0.3) is 0 Å². The molecule has 0 saturated heterocycles. The van der Waals surface area contributed by atoms with Gasteiger partial charge in [0.25, 0.3) is 6.43 Å². The summed E-state index contributed by atoms with van der Waals surface area (Å²) in [6.45, 7) is 0. The molecule has 0 spiro atoms. The Morgan fingerprint density at radius 2 is 2.29 bits per heavy atom. The van der Waals surface area contributed by atoms with E-state index in [9.17, 15) is 8.78 Å². The number of hydrogen-bond acceptors (Lipinski definition) is 3. The summed E-state index contributed by atoms with van der Waals surface area (Å²) in [5.74, 6) is -0.144. The Kier molecular flexibility index (Phi) is 3.57. The number of hydrogen-bond donors (Lipinski definition) is 0. The zero-order chi connectivity index (χ0) is 10.7. The lowest BCUT2D eigenvalue weighted by Gasteiger charge is -2.09. The van der Waals surface area contributed by atoms with E-state index in [0.29, 0.717) is 0 Å². The average Bonchev–Trinajstić information content (AvgIpc) is 2.16. The molecule has 1 aromatic heterocycles. The monoisotopic (exact) mass is 310 g/mol. The number of halogens is 3. The summed E-state index contributed by atoms with van der Waals surface area (Å²) in [6, 6.07) is 1.70. The maximum atomic E-state index is 12.6. The fourth-order valence-corrected chi connectivity index (χ4v) is 1.59. The molecule has 0 N–H and O–H groups in total. The van der Waals surface area contributed by atoms with Crippen LogP contribution in [-0.2, 0) is 0 Å². The van der Waals surface area contributed by atoms with Crippen LogP contribution < -0.4 is 4.74 Å². The highest BCUT2D eigenvalue weighted by Crippen LogP contribution is 2.34. The van der Waals surface area contributed by atoms with Crippen LogP contribution in [0.2, 0.25) is 0 Å². The standard InChI is InChI=1S/C8H5F2IN2O/c1-14-7-5(2-12)13-3-4(11)6(7)8(9)10/h3,8H,1H3. The second-order valence-electron chi connectivity index (χ2n) is 2.31. The Balaban J connectivity index is 3.45. The molecule has 1 heterocycles. The molecule has 0 aliphatic heterocycles. The van der Waals surface area contributed by atoms with E-state index in [1.807, 2.05) is 0 Å².